The maximum atomic E-state index is 12.2. The minimum atomic E-state index is -0.0414. The van der Waals surface area contributed by atoms with Crippen LogP contribution in [0.5, 0.6) is 5.75 Å². The normalized spacial score (nSPS) is 10.7. The molecular formula is C19H22N4O2S2. The fourth-order valence-electron chi connectivity index (χ4n) is 2.79. The number of thiophene rings is 1. The van der Waals surface area contributed by atoms with E-state index in [0.29, 0.717) is 30.9 Å². The summed E-state index contributed by atoms with van der Waals surface area (Å²) in [4.78, 5) is 13.2. The monoisotopic (exact) mass is 402 g/mol. The van der Waals surface area contributed by atoms with Crippen LogP contribution in [0.15, 0.2) is 35.7 Å². The smallest absolute Gasteiger partial charge is 0.221 e. The van der Waals surface area contributed by atoms with Gasteiger partial charge in [-0.05, 0) is 48.6 Å². The Balaban J connectivity index is 1.47. The van der Waals surface area contributed by atoms with Crippen molar-refractivity contribution in [3.63, 3.8) is 0 Å². The van der Waals surface area contributed by atoms with Crippen LogP contribution >= 0.6 is 23.6 Å². The largest absolute Gasteiger partial charge is 0.491 e. The van der Waals surface area contributed by atoms with Gasteiger partial charge in [0.25, 0.3) is 0 Å². The van der Waals surface area contributed by atoms with E-state index in [4.69, 9.17) is 17.0 Å². The van der Waals surface area contributed by atoms with Gasteiger partial charge in [0.05, 0.1) is 11.4 Å². The maximum absolute atomic E-state index is 12.2. The lowest BCUT2D eigenvalue weighted by Gasteiger charge is -2.12. The van der Waals surface area contributed by atoms with Gasteiger partial charge < -0.3 is 10.1 Å². The van der Waals surface area contributed by atoms with Crippen molar-refractivity contribution in [2.24, 2.45) is 0 Å². The molecule has 0 saturated carbocycles. The number of aromatic amines is 1. The van der Waals surface area contributed by atoms with Gasteiger partial charge in [-0.15, -0.1) is 11.3 Å². The van der Waals surface area contributed by atoms with Crippen molar-refractivity contribution in [3.05, 3.63) is 51.6 Å². The topological polar surface area (TPSA) is 71.9 Å². The average molecular weight is 403 g/mol. The van der Waals surface area contributed by atoms with Gasteiger partial charge in [-0.1, -0.05) is 24.3 Å². The molecule has 2 aromatic heterocycles. The van der Waals surface area contributed by atoms with Gasteiger partial charge >= 0.3 is 0 Å². The van der Waals surface area contributed by atoms with E-state index in [9.17, 15) is 4.79 Å². The number of aryl methyl sites for hydroxylation is 2. The Morgan fingerprint density at radius 3 is 2.78 bits per heavy atom. The zero-order valence-corrected chi connectivity index (χ0v) is 17.0. The molecule has 0 fully saturated rings. The summed E-state index contributed by atoms with van der Waals surface area (Å²) in [7, 11) is 0. The fourth-order valence-corrected chi connectivity index (χ4v) is 3.74. The van der Waals surface area contributed by atoms with E-state index in [-0.39, 0.29) is 5.91 Å². The van der Waals surface area contributed by atoms with E-state index >= 15 is 0 Å². The summed E-state index contributed by atoms with van der Waals surface area (Å²) in [5.41, 5.74) is 2.19. The number of nitrogens with one attached hydrogen (secondary N) is 2. The molecule has 0 aliphatic carbocycles. The molecule has 0 aliphatic heterocycles. The first-order valence-electron chi connectivity index (χ1n) is 8.71. The molecule has 0 aliphatic rings. The van der Waals surface area contributed by atoms with Crippen molar-refractivity contribution >= 4 is 29.5 Å². The first kappa shape index (κ1) is 19.3. The third-order valence-corrected chi connectivity index (χ3v) is 5.32. The van der Waals surface area contributed by atoms with Crippen LogP contribution in [-0.4, -0.2) is 33.8 Å². The molecule has 0 radical (unpaired) electrons. The molecule has 0 atom stereocenters. The molecule has 8 heteroatoms. The quantitative estimate of drug-likeness (QED) is 0.443. The van der Waals surface area contributed by atoms with Crippen molar-refractivity contribution in [2.75, 3.05) is 13.2 Å². The number of rotatable bonds is 8. The van der Waals surface area contributed by atoms with E-state index in [1.54, 1.807) is 11.3 Å². The van der Waals surface area contributed by atoms with E-state index in [1.807, 2.05) is 54.1 Å². The zero-order chi connectivity index (χ0) is 19.2. The second-order valence-corrected chi connectivity index (χ2v) is 7.49. The second-order valence-electron chi connectivity index (χ2n) is 6.15. The molecule has 6 nitrogen and oxygen atoms in total. The van der Waals surface area contributed by atoms with E-state index < -0.39 is 0 Å². The zero-order valence-electron chi connectivity index (χ0n) is 15.3. The molecule has 0 unspecified atom stereocenters. The number of nitrogens with zero attached hydrogens (tertiary/aromatic N) is 2. The lowest BCUT2D eigenvalue weighted by molar-refractivity contribution is -0.121. The molecule has 0 bridgehead atoms. The standard InChI is InChI=1S/C19H22N4O2S2/c1-13-5-3-6-14(2)17(13)25-11-9-20-16(24)8-10-23-18(21-22-19(23)26)15-7-4-12-27-15/h3-7,12H,8-11H2,1-2H3,(H,20,24)(H,22,26). The molecule has 27 heavy (non-hydrogen) atoms. The number of carbonyl (C=O) groups excluding carboxylic acids is 1. The van der Waals surface area contributed by atoms with Crippen LogP contribution in [-0.2, 0) is 11.3 Å². The summed E-state index contributed by atoms with van der Waals surface area (Å²) in [6.07, 6.45) is 0.329. The number of hydrogen-bond donors (Lipinski definition) is 2. The predicted octanol–water partition coefficient (Wildman–Crippen LogP) is 3.87. The predicted molar refractivity (Wildman–Crippen MR) is 110 cm³/mol. The van der Waals surface area contributed by atoms with Gasteiger partial charge in [0.15, 0.2) is 10.6 Å². The molecule has 0 saturated heterocycles. The second kappa shape index (κ2) is 8.96. The lowest BCUT2D eigenvalue weighted by atomic mass is 10.1. The number of carbonyl (C=O) groups is 1. The third-order valence-electron chi connectivity index (χ3n) is 4.14. The number of benzene rings is 1. The van der Waals surface area contributed by atoms with Crippen LogP contribution in [0.3, 0.4) is 0 Å². The number of aromatic nitrogens is 3. The van der Waals surface area contributed by atoms with Crippen molar-refractivity contribution in [2.45, 2.75) is 26.8 Å². The molecule has 142 valence electrons. The molecule has 1 aromatic carbocycles. The number of para-hydroxylation sites is 1. The van der Waals surface area contributed by atoms with Crippen molar-refractivity contribution in [1.29, 1.82) is 0 Å². The summed E-state index contributed by atoms with van der Waals surface area (Å²) >= 11 is 6.87. The molecule has 3 rings (SSSR count). The summed E-state index contributed by atoms with van der Waals surface area (Å²) in [5.74, 6) is 1.61. The minimum Gasteiger partial charge on any atom is -0.491 e. The first-order chi connectivity index (χ1) is 13.1. The highest BCUT2D eigenvalue weighted by atomic mass is 32.1. The van der Waals surface area contributed by atoms with E-state index in [1.165, 1.54) is 0 Å². The van der Waals surface area contributed by atoms with Crippen LogP contribution in [0, 0.1) is 18.6 Å². The number of H-pyrrole nitrogens is 1. The molecule has 1 amide bonds. The first-order valence-corrected chi connectivity index (χ1v) is 10.00. The average Bonchev–Trinajstić information content (AvgIpc) is 3.28. The highest BCUT2D eigenvalue weighted by Gasteiger charge is 2.11. The van der Waals surface area contributed by atoms with Crippen molar-refractivity contribution in [3.8, 4) is 16.5 Å². The van der Waals surface area contributed by atoms with Crippen molar-refractivity contribution in [1.82, 2.24) is 20.1 Å². The van der Waals surface area contributed by atoms with Gasteiger partial charge in [0, 0.05) is 13.0 Å². The van der Waals surface area contributed by atoms with E-state index in [0.717, 1.165) is 27.6 Å². The highest BCUT2D eigenvalue weighted by Crippen LogP contribution is 2.23. The Hall–Kier alpha value is -2.45. The molecular weight excluding hydrogens is 380 g/mol. The van der Waals surface area contributed by atoms with Gasteiger partial charge in [0.1, 0.15) is 12.4 Å². The summed E-state index contributed by atoms with van der Waals surface area (Å²) in [6.45, 7) is 5.40. The van der Waals surface area contributed by atoms with Gasteiger partial charge in [-0.3, -0.25) is 14.5 Å². The Bertz CT molecular complexity index is 940. The SMILES string of the molecule is Cc1cccc(C)c1OCCNC(=O)CCn1c(-c2cccs2)n[nH]c1=S. The summed E-state index contributed by atoms with van der Waals surface area (Å²) in [5, 5.41) is 11.9. The summed E-state index contributed by atoms with van der Waals surface area (Å²) in [6, 6.07) is 9.98. The Morgan fingerprint density at radius 2 is 2.07 bits per heavy atom. The van der Waals surface area contributed by atoms with Crippen LogP contribution < -0.4 is 10.1 Å². The van der Waals surface area contributed by atoms with Gasteiger partial charge in [-0.2, -0.15) is 5.10 Å². The lowest BCUT2D eigenvalue weighted by Crippen LogP contribution is -2.29. The summed E-state index contributed by atoms with van der Waals surface area (Å²) < 4.78 is 8.18. The third kappa shape index (κ3) is 4.84. The number of hydrogen-bond acceptors (Lipinski definition) is 5. The Labute approximate surface area is 167 Å². The van der Waals surface area contributed by atoms with Crippen LogP contribution in [0.2, 0.25) is 0 Å². The minimum absolute atomic E-state index is 0.0414. The van der Waals surface area contributed by atoms with Crippen molar-refractivity contribution < 1.29 is 9.53 Å². The highest BCUT2D eigenvalue weighted by molar-refractivity contribution is 7.71. The molecule has 2 N–H and O–H groups in total. The maximum Gasteiger partial charge on any atom is 0.221 e. The fraction of sp³-hybridized carbons (Fsp3) is 0.316. The van der Waals surface area contributed by atoms with Crippen LogP contribution in [0.1, 0.15) is 17.5 Å². The molecule has 2 heterocycles. The van der Waals surface area contributed by atoms with Gasteiger partial charge in [-0.25, -0.2) is 0 Å². The van der Waals surface area contributed by atoms with Gasteiger partial charge in [0.2, 0.25) is 5.91 Å². The molecule has 3 aromatic rings. The Kier molecular flexibility index (Phi) is 6.41. The molecule has 0 spiro atoms. The van der Waals surface area contributed by atoms with Crippen LogP contribution in [0.25, 0.3) is 10.7 Å². The Morgan fingerprint density at radius 1 is 1.30 bits per heavy atom. The van der Waals surface area contributed by atoms with E-state index in [2.05, 4.69) is 15.5 Å². The number of ether oxygens (including phenoxy) is 1. The van der Waals surface area contributed by atoms with Crippen LogP contribution in [0.4, 0.5) is 0 Å². The number of amides is 1.